The maximum absolute atomic E-state index is 5.76. The van der Waals surface area contributed by atoms with E-state index in [1.54, 1.807) is 16.9 Å². The molecule has 66 valence electrons. The molecule has 0 amide bonds. The van der Waals surface area contributed by atoms with Crippen molar-refractivity contribution in [1.29, 1.82) is 0 Å². The van der Waals surface area contributed by atoms with Crippen molar-refractivity contribution in [2.45, 2.75) is 0 Å². The van der Waals surface area contributed by atoms with Gasteiger partial charge in [-0.2, -0.15) is 5.10 Å². The molecule has 2 aromatic heterocycles. The lowest BCUT2D eigenvalue weighted by Crippen LogP contribution is -1.88. The van der Waals surface area contributed by atoms with Crippen molar-refractivity contribution in [2.75, 3.05) is 0 Å². The fraction of sp³-hybridized carbons (Fsp3) is 0.111. The highest BCUT2D eigenvalue weighted by Crippen LogP contribution is 2.18. The molecule has 0 bridgehead atoms. The average Bonchev–Trinajstić information content (AvgIpc) is 2.52. The van der Waals surface area contributed by atoms with Crippen LogP contribution in [-0.4, -0.2) is 14.8 Å². The van der Waals surface area contributed by atoms with Gasteiger partial charge in [0.25, 0.3) is 0 Å². The Kier molecular flexibility index (Phi) is 2.02. The van der Waals surface area contributed by atoms with Gasteiger partial charge in [0.1, 0.15) is 5.15 Å². The fourth-order valence-electron chi connectivity index (χ4n) is 1.13. The molecule has 0 unspecified atom stereocenters. The molecular formula is C9H8ClN3. The summed E-state index contributed by atoms with van der Waals surface area (Å²) in [6.45, 7) is 0. The Hall–Kier alpha value is -1.35. The standard InChI is InChI=1S/C9H8ClN3/c1-13-5-3-8(12-13)7-2-4-11-9(10)6-7/h2-6H,1H3. The third-order valence-corrected chi connectivity index (χ3v) is 1.94. The lowest BCUT2D eigenvalue weighted by Gasteiger charge is -1.95. The van der Waals surface area contributed by atoms with E-state index in [9.17, 15) is 0 Å². The Labute approximate surface area is 81.0 Å². The van der Waals surface area contributed by atoms with Crippen LogP contribution in [0.3, 0.4) is 0 Å². The second-order valence-electron chi connectivity index (χ2n) is 2.74. The zero-order chi connectivity index (χ0) is 9.26. The van der Waals surface area contributed by atoms with E-state index in [-0.39, 0.29) is 0 Å². The molecule has 2 rings (SSSR count). The molecule has 0 spiro atoms. The molecule has 0 saturated carbocycles. The van der Waals surface area contributed by atoms with E-state index in [0.29, 0.717) is 5.15 Å². The molecular weight excluding hydrogens is 186 g/mol. The molecule has 0 aromatic carbocycles. The smallest absolute Gasteiger partial charge is 0.129 e. The molecule has 0 atom stereocenters. The van der Waals surface area contributed by atoms with E-state index < -0.39 is 0 Å². The van der Waals surface area contributed by atoms with Gasteiger partial charge >= 0.3 is 0 Å². The zero-order valence-electron chi connectivity index (χ0n) is 7.11. The zero-order valence-corrected chi connectivity index (χ0v) is 7.86. The number of aryl methyl sites for hydroxylation is 1. The quantitative estimate of drug-likeness (QED) is 0.650. The highest BCUT2D eigenvalue weighted by molar-refractivity contribution is 6.29. The Morgan fingerprint density at radius 2 is 2.23 bits per heavy atom. The summed E-state index contributed by atoms with van der Waals surface area (Å²) in [7, 11) is 1.88. The van der Waals surface area contributed by atoms with E-state index in [2.05, 4.69) is 10.1 Å². The minimum atomic E-state index is 0.489. The van der Waals surface area contributed by atoms with Gasteiger partial charge < -0.3 is 0 Å². The second-order valence-corrected chi connectivity index (χ2v) is 3.13. The number of halogens is 1. The largest absolute Gasteiger partial charge is 0.275 e. The number of pyridine rings is 1. The van der Waals surface area contributed by atoms with Crippen LogP contribution < -0.4 is 0 Å². The molecule has 3 nitrogen and oxygen atoms in total. The van der Waals surface area contributed by atoms with E-state index in [4.69, 9.17) is 11.6 Å². The summed E-state index contributed by atoms with van der Waals surface area (Å²) in [5, 5.41) is 4.74. The van der Waals surface area contributed by atoms with Crippen molar-refractivity contribution in [3.63, 3.8) is 0 Å². The van der Waals surface area contributed by atoms with Crippen LogP contribution in [0.15, 0.2) is 30.6 Å². The van der Waals surface area contributed by atoms with Crippen LogP contribution in [0.2, 0.25) is 5.15 Å². The maximum Gasteiger partial charge on any atom is 0.129 e. The van der Waals surface area contributed by atoms with Crippen LogP contribution in [0.5, 0.6) is 0 Å². The summed E-state index contributed by atoms with van der Waals surface area (Å²) < 4.78 is 1.75. The molecule has 0 aliphatic rings. The first-order valence-corrected chi connectivity index (χ1v) is 4.25. The van der Waals surface area contributed by atoms with Crippen molar-refractivity contribution in [3.05, 3.63) is 35.7 Å². The molecule has 0 fully saturated rings. The van der Waals surface area contributed by atoms with Gasteiger partial charge in [0.15, 0.2) is 0 Å². The molecule has 0 radical (unpaired) electrons. The number of rotatable bonds is 1. The average molecular weight is 194 g/mol. The summed E-state index contributed by atoms with van der Waals surface area (Å²) >= 11 is 5.76. The van der Waals surface area contributed by atoms with Crippen molar-refractivity contribution < 1.29 is 0 Å². The topological polar surface area (TPSA) is 30.7 Å². The predicted molar refractivity (Wildman–Crippen MR) is 51.4 cm³/mol. The highest BCUT2D eigenvalue weighted by Gasteiger charge is 2.00. The fourth-order valence-corrected chi connectivity index (χ4v) is 1.30. The van der Waals surface area contributed by atoms with Crippen molar-refractivity contribution >= 4 is 11.6 Å². The monoisotopic (exact) mass is 193 g/mol. The maximum atomic E-state index is 5.76. The molecule has 13 heavy (non-hydrogen) atoms. The van der Waals surface area contributed by atoms with Crippen molar-refractivity contribution in [1.82, 2.24) is 14.8 Å². The van der Waals surface area contributed by atoms with E-state index in [0.717, 1.165) is 11.3 Å². The lowest BCUT2D eigenvalue weighted by atomic mass is 10.2. The molecule has 0 aliphatic carbocycles. The van der Waals surface area contributed by atoms with Crippen LogP contribution in [0.4, 0.5) is 0 Å². The minimum Gasteiger partial charge on any atom is -0.275 e. The molecule has 0 aliphatic heterocycles. The van der Waals surface area contributed by atoms with Gasteiger partial charge in [0.05, 0.1) is 5.69 Å². The van der Waals surface area contributed by atoms with E-state index in [1.165, 1.54) is 0 Å². The van der Waals surface area contributed by atoms with Gasteiger partial charge in [-0.3, -0.25) is 4.68 Å². The first-order valence-electron chi connectivity index (χ1n) is 3.87. The molecule has 0 N–H and O–H groups in total. The first kappa shape index (κ1) is 8.26. The van der Waals surface area contributed by atoms with Crippen LogP contribution in [0, 0.1) is 0 Å². The van der Waals surface area contributed by atoms with Crippen LogP contribution >= 0.6 is 11.6 Å². The number of hydrogen-bond donors (Lipinski definition) is 0. The predicted octanol–water partition coefficient (Wildman–Crippen LogP) is 2.14. The third kappa shape index (κ3) is 1.70. The van der Waals surface area contributed by atoms with Crippen molar-refractivity contribution in [3.8, 4) is 11.3 Å². The van der Waals surface area contributed by atoms with Gasteiger partial charge in [0, 0.05) is 25.0 Å². The first-order chi connectivity index (χ1) is 6.25. The molecule has 4 heteroatoms. The number of hydrogen-bond acceptors (Lipinski definition) is 2. The van der Waals surface area contributed by atoms with Gasteiger partial charge in [-0.25, -0.2) is 4.98 Å². The van der Waals surface area contributed by atoms with Gasteiger partial charge in [0.2, 0.25) is 0 Å². The summed E-state index contributed by atoms with van der Waals surface area (Å²) in [6.07, 6.45) is 3.57. The van der Waals surface area contributed by atoms with Gasteiger partial charge in [-0.15, -0.1) is 0 Å². The summed E-state index contributed by atoms with van der Waals surface area (Å²) in [4.78, 5) is 3.90. The Morgan fingerprint density at radius 1 is 1.38 bits per heavy atom. The van der Waals surface area contributed by atoms with Crippen LogP contribution in [-0.2, 0) is 7.05 Å². The Balaban J connectivity index is 2.46. The second kappa shape index (κ2) is 3.18. The summed E-state index contributed by atoms with van der Waals surface area (Å²) in [5.74, 6) is 0. The Bertz CT molecular complexity index is 422. The van der Waals surface area contributed by atoms with E-state index >= 15 is 0 Å². The molecule has 2 aromatic rings. The summed E-state index contributed by atoms with van der Waals surface area (Å²) in [6, 6.07) is 5.61. The summed E-state index contributed by atoms with van der Waals surface area (Å²) in [5.41, 5.74) is 1.90. The highest BCUT2D eigenvalue weighted by atomic mass is 35.5. The van der Waals surface area contributed by atoms with Crippen LogP contribution in [0.25, 0.3) is 11.3 Å². The normalized spacial score (nSPS) is 10.3. The molecule has 0 saturated heterocycles. The minimum absolute atomic E-state index is 0.489. The SMILES string of the molecule is Cn1ccc(-c2ccnc(Cl)c2)n1. The number of nitrogens with zero attached hydrogens (tertiary/aromatic N) is 3. The lowest BCUT2D eigenvalue weighted by molar-refractivity contribution is 0.771. The van der Waals surface area contributed by atoms with E-state index in [1.807, 2.05) is 25.4 Å². The Morgan fingerprint density at radius 3 is 2.85 bits per heavy atom. The van der Waals surface area contributed by atoms with Gasteiger partial charge in [-0.1, -0.05) is 11.6 Å². The van der Waals surface area contributed by atoms with Crippen LogP contribution in [0.1, 0.15) is 0 Å². The number of aromatic nitrogens is 3. The third-order valence-electron chi connectivity index (χ3n) is 1.74. The van der Waals surface area contributed by atoms with Crippen molar-refractivity contribution in [2.24, 2.45) is 7.05 Å². The van der Waals surface area contributed by atoms with Gasteiger partial charge in [-0.05, 0) is 18.2 Å². The molecule has 2 heterocycles.